The number of anilines is 2. The Kier molecular flexibility index (Phi) is 2.17. The average molecular weight is 169 g/mol. The predicted octanol–water partition coefficient (Wildman–Crippen LogP) is 0.686. The lowest BCUT2D eigenvalue weighted by atomic mass is 10.9. The molecular formula is C5H7N5S. The molecule has 0 saturated carbocycles. The minimum Gasteiger partial charge on any atom is -0.374 e. The fourth-order valence-electron chi connectivity index (χ4n) is 0.515. The van der Waals surface area contributed by atoms with Crippen molar-refractivity contribution in [1.82, 2.24) is 10.2 Å². The maximum Gasteiger partial charge on any atom is 0.234 e. The van der Waals surface area contributed by atoms with Crippen molar-refractivity contribution in [3.8, 4) is 0 Å². The lowest BCUT2D eigenvalue weighted by Gasteiger charge is -2.05. The molecule has 0 amide bonds. The first-order valence-corrected chi connectivity index (χ1v) is 3.57. The van der Waals surface area contributed by atoms with E-state index in [0.29, 0.717) is 10.3 Å². The number of nitrogens with two attached hydrogens (primary N) is 1. The summed E-state index contributed by atoms with van der Waals surface area (Å²) < 4.78 is 0. The van der Waals surface area contributed by atoms with Gasteiger partial charge in [-0.05, 0) is 0 Å². The molecule has 1 rings (SSSR count). The van der Waals surface area contributed by atoms with E-state index in [-0.39, 0.29) is 0 Å². The first-order chi connectivity index (χ1) is 5.27. The number of nitrogen functional groups attached to an aromatic ring is 1. The number of nitrogens with zero attached hydrogens (tertiary/aromatic N) is 4. The number of hydrogen-bond acceptors (Lipinski definition) is 6. The van der Waals surface area contributed by atoms with Gasteiger partial charge in [0.1, 0.15) is 0 Å². The van der Waals surface area contributed by atoms with Gasteiger partial charge in [0, 0.05) is 12.9 Å². The van der Waals surface area contributed by atoms with Crippen LogP contribution in [-0.4, -0.2) is 16.9 Å². The lowest BCUT2D eigenvalue weighted by molar-refractivity contribution is 1.01. The standard InChI is InChI=1S/C5H7N5S/c1-3-10(7-2)5-9-8-4(6)11-5/h3H,1-2H2,(H2,6,8). The van der Waals surface area contributed by atoms with Gasteiger partial charge < -0.3 is 5.73 Å². The van der Waals surface area contributed by atoms with Gasteiger partial charge in [0.15, 0.2) is 0 Å². The van der Waals surface area contributed by atoms with E-state index in [1.54, 1.807) is 0 Å². The Balaban J connectivity index is 2.89. The van der Waals surface area contributed by atoms with Gasteiger partial charge in [0.25, 0.3) is 0 Å². The highest BCUT2D eigenvalue weighted by Crippen LogP contribution is 2.21. The third-order valence-electron chi connectivity index (χ3n) is 0.951. The smallest absolute Gasteiger partial charge is 0.234 e. The van der Waals surface area contributed by atoms with E-state index in [4.69, 9.17) is 5.73 Å². The maximum absolute atomic E-state index is 5.35. The molecule has 2 N–H and O–H groups in total. The monoisotopic (exact) mass is 169 g/mol. The lowest BCUT2D eigenvalue weighted by Crippen LogP contribution is -2.04. The fourth-order valence-corrected chi connectivity index (χ4v) is 1.09. The Morgan fingerprint density at radius 3 is 2.73 bits per heavy atom. The summed E-state index contributed by atoms with van der Waals surface area (Å²) in [5, 5.41) is 13.3. The van der Waals surface area contributed by atoms with Gasteiger partial charge in [0.2, 0.25) is 10.3 Å². The third kappa shape index (κ3) is 1.53. The summed E-state index contributed by atoms with van der Waals surface area (Å²) in [6, 6.07) is 0. The van der Waals surface area contributed by atoms with Gasteiger partial charge in [-0.25, -0.2) is 5.01 Å². The second-order valence-corrected chi connectivity index (χ2v) is 2.58. The molecule has 0 radical (unpaired) electrons. The van der Waals surface area contributed by atoms with E-state index in [1.165, 1.54) is 22.5 Å². The number of aromatic nitrogens is 2. The average Bonchev–Trinajstić information content (AvgIpc) is 2.39. The normalized spacial score (nSPS) is 9.09. The van der Waals surface area contributed by atoms with Crippen LogP contribution in [0.1, 0.15) is 0 Å². The summed E-state index contributed by atoms with van der Waals surface area (Å²) in [5.41, 5.74) is 5.35. The maximum atomic E-state index is 5.35. The Labute approximate surface area is 67.8 Å². The second-order valence-electron chi connectivity index (χ2n) is 1.59. The number of hydrazone groups is 1. The molecule has 0 unspecified atom stereocenters. The minimum absolute atomic E-state index is 0.399. The predicted molar refractivity (Wildman–Crippen MR) is 46.5 cm³/mol. The van der Waals surface area contributed by atoms with Gasteiger partial charge >= 0.3 is 0 Å². The van der Waals surface area contributed by atoms with Crippen molar-refractivity contribution in [2.24, 2.45) is 5.10 Å². The molecule has 0 aliphatic rings. The molecule has 0 bridgehead atoms. The molecule has 0 atom stereocenters. The second kappa shape index (κ2) is 3.11. The Hall–Kier alpha value is -1.43. The molecule has 0 saturated heterocycles. The summed E-state index contributed by atoms with van der Waals surface area (Å²) in [7, 11) is 0. The summed E-state index contributed by atoms with van der Waals surface area (Å²) in [4.78, 5) is 0. The molecule has 6 heteroatoms. The quantitative estimate of drug-likeness (QED) is 0.534. The summed E-state index contributed by atoms with van der Waals surface area (Å²) in [5.74, 6) is 0. The highest BCUT2D eigenvalue weighted by Gasteiger charge is 2.04. The van der Waals surface area contributed by atoms with Crippen LogP contribution in [0.2, 0.25) is 0 Å². The Morgan fingerprint density at radius 2 is 2.36 bits per heavy atom. The minimum atomic E-state index is 0.399. The molecule has 0 aromatic carbocycles. The van der Waals surface area contributed by atoms with Crippen LogP contribution in [0.3, 0.4) is 0 Å². The van der Waals surface area contributed by atoms with Crippen LogP contribution in [0.4, 0.5) is 10.3 Å². The van der Waals surface area contributed by atoms with Gasteiger partial charge in [-0.15, -0.1) is 10.2 Å². The van der Waals surface area contributed by atoms with Crippen molar-refractivity contribution in [3.05, 3.63) is 12.8 Å². The van der Waals surface area contributed by atoms with Crippen LogP contribution >= 0.6 is 11.3 Å². The number of hydrogen-bond donors (Lipinski definition) is 1. The molecule has 1 heterocycles. The van der Waals surface area contributed by atoms with Crippen molar-refractivity contribution >= 4 is 28.3 Å². The van der Waals surface area contributed by atoms with Gasteiger partial charge in [-0.2, -0.15) is 5.10 Å². The molecule has 1 aromatic rings. The van der Waals surface area contributed by atoms with Crippen LogP contribution in [-0.2, 0) is 0 Å². The first kappa shape index (κ1) is 7.67. The van der Waals surface area contributed by atoms with Crippen LogP contribution in [0, 0.1) is 0 Å². The molecule has 0 aliphatic carbocycles. The molecule has 1 aromatic heterocycles. The first-order valence-electron chi connectivity index (χ1n) is 2.75. The number of rotatable bonds is 3. The van der Waals surface area contributed by atoms with E-state index in [9.17, 15) is 0 Å². The largest absolute Gasteiger partial charge is 0.374 e. The zero-order valence-corrected chi connectivity index (χ0v) is 6.58. The van der Waals surface area contributed by atoms with Gasteiger partial charge in [-0.3, -0.25) is 0 Å². The SMILES string of the molecule is C=CN(N=C)c1nnc(N)s1. The molecule has 0 spiro atoms. The van der Waals surface area contributed by atoms with Crippen LogP contribution < -0.4 is 10.7 Å². The fraction of sp³-hybridized carbons (Fsp3) is 0. The van der Waals surface area contributed by atoms with Crippen LogP contribution in [0.5, 0.6) is 0 Å². The Bertz CT molecular complexity index is 260. The molecule has 58 valence electrons. The van der Waals surface area contributed by atoms with Crippen molar-refractivity contribution in [3.63, 3.8) is 0 Å². The van der Waals surface area contributed by atoms with E-state index in [1.807, 2.05) is 0 Å². The molecule has 5 nitrogen and oxygen atoms in total. The summed E-state index contributed by atoms with van der Waals surface area (Å²) in [6.45, 7) is 6.83. The zero-order chi connectivity index (χ0) is 8.27. The summed E-state index contributed by atoms with van der Waals surface area (Å²) in [6.07, 6.45) is 1.48. The van der Waals surface area contributed by atoms with E-state index < -0.39 is 0 Å². The van der Waals surface area contributed by atoms with Crippen LogP contribution in [0.25, 0.3) is 0 Å². The third-order valence-corrected chi connectivity index (χ3v) is 1.69. The topological polar surface area (TPSA) is 67.4 Å². The van der Waals surface area contributed by atoms with Gasteiger partial charge in [0.05, 0.1) is 0 Å². The molecule has 11 heavy (non-hydrogen) atoms. The Morgan fingerprint density at radius 1 is 1.64 bits per heavy atom. The van der Waals surface area contributed by atoms with Gasteiger partial charge in [-0.1, -0.05) is 17.9 Å². The van der Waals surface area contributed by atoms with E-state index in [0.717, 1.165) is 0 Å². The highest BCUT2D eigenvalue weighted by molar-refractivity contribution is 7.18. The molecule has 0 aliphatic heterocycles. The highest BCUT2D eigenvalue weighted by atomic mass is 32.1. The van der Waals surface area contributed by atoms with Crippen molar-refractivity contribution < 1.29 is 0 Å². The van der Waals surface area contributed by atoms with Crippen molar-refractivity contribution in [2.45, 2.75) is 0 Å². The van der Waals surface area contributed by atoms with Crippen molar-refractivity contribution in [1.29, 1.82) is 0 Å². The van der Waals surface area contributed by atoms with E-state index in [2.05, 4.69) is 28.6 Å². The van der Waals surface area contributed by atoms with E-state index >= 15 is 0 Å². The molecule has 0 fully saturated rings. The summed E-state index contributed by atoms with van der Waals surface area (Å²) >= 11 is 1.22. The molecular weight excluding hydrogens is 162 g/mol. The zero-order valence-electron chi connectivity index (χ0n) is 5.77. The van der Waals surface area contributed by atoms with Crippen LogP contribution in [0.15, 0.2) is 17.9 Å². The van der Waals surface area contributed by atoms with Crippen molar-refractivity contribution in [2.75, 3.05) is 10.7 Å².